The number of hydrogen-bond donors (Lipinski definition) is 3. The molecule has 13 heteroatoms. The predicted molar refractivity (Wildman–Crippen MR) is 192 cm³/mol. The average molecular weight is 715 g/mol. The summed E-state index contributed by atoms with van der Waals surface area (Å²) in [6.07, 6.45) is 0.266. The van der Waals surface area contributed by atoms with E-state index in [9.17, 15) is 27.6 Å². The van der Waals surface area contributed by atoms with E-state index in [1.165, 1.54) is 24.4 Å². The summed E-state index contributed by atoms with van der Waals surface area (Å²) in [6, 6.07) is 20.1. The molecular formula is C39H41F3N6O4. The van der Waals surface area contributed by atoms with Crippen LogP contribution in [0.15, 0.2) is 85.1 Å². The molecule has 0 saturated carbocycles. The van der Waals surface area contributed by atoms with Gasteiger partial charge in [0.25, 0.3) is 17.7 Å². The average Bonchev–Trinajstić information content (AvgIpc) is 3.17. The van der Waals surface area contributed by atoms with E-state index in [-0.39, 0.29) is 18.0 Å². The number of ether oxygens (including phenoxy) is 1. The van der Waals surface area contributed by atoms with E-state index in [4.69, 9.17) is 4.74 Å². The number of carbonyl (C=O) groups excluding carboxylic acids is 3. The van der Waals surface area contributed by atoms with Gasteiger partial charge in [0, 0.05) is 80.0 Å². The van der Waals surface area contributed by atoms with Crippen LogP contribution in [0, 0.1) is 0 Å². The number of aromatic nitrogens is 1. The molecule has 3 N–H and O–H groups in total. The molecule has 2 fully saturated rings. The van der Waals surface area contributed by atoms with Crippen LogP contribution >= 0.6 is 0 Å². The SMILES string of the molecule is O=C(NCCN1CCOCC1)c1cccc(C(=O)Nc2ccc(N3CCCCC3)cc2-c2cc(C(=O)NCc3cccc(C(F)(F)F)c3)ccn2)c1. The van der Waals surface area contributed by atoms with Crippen molar-refractivity contribution in [3.05, 3.63) is 113 Å². The Hall–Kier alpha value is -5.27. The molecule has 3 heterocycles. The summed E-state index contributed by atoms with van der Waals surface area (Å²) in [6.45, 7) is 5.85. The van der Waals surface area contributed by atoms with Crippen LogP contribution in [-0.4, -0.2) is 80.1 Å². The standard InChI is InChI=1S/C39H41F3N6O4/c40-39(41,42)31-9-4-6-27(22-31)26-45-37(50)30-12-13-43-35(24-30)33-25-32(48-15-2-1-3-16-48)10-11-34(33)46-38(51)29-8-5-7-28(23-29)36(49)44-14-17-47-18-20-52-21-19-47/h4-13,22-25H,1-3,14-21,26H2,(H,44,49)(H,45,50)(H,46,51). The Balaban J connectivity index is 1.19. The highest BCUT2D eigenvalue weighted by Gasteiger charge is 2.30. The quantitative estimate of drug-likeness (QED) is 0.175. The van der Waals surface area contributed by atoms with Gasteiger partial charge in [-0.3, -0.25) is 24.3 Å². The van der Waals surface area contributed by atoms with Gasteiger partial charge in [-0.15, -0.1) is 0 Å². The fraction of sp³-hybridized carbons (Fsp3) is 0.333. The van der Waals surface area contributed by atoms with E-state index in [1.807, 2.05) is 12.1 Å². The summed E-state index contributed by atoms with van der Waals surface area (Å²) in [5, 5.41) is 8.60. The van der Waals surface area contributed by atoms with Crippen LogP contribution in [0.5, 0.6) is 0 Å². The molecule has 10 nitrogen and oxygen atoms in total. The second-order valence-electron chi connectivity index (χ2n) is 12.8. The highest BCUT2D eigenvalue weighted by Crippen LogP contribution is 2.33. The summed E-state index contributed by atoms with van der Waals surface area (Å²) < 4.78 is 45.0. The Bertz CT molecular complexity index is 1890. The van der Waals surface area contributed by atoms with Gasteiger partial charge < -0.3 is 25.6 Å². The number of pyridine rings is 1. The Labute approximate surface area is 300 Å². The van der Waals surface area contributed by atoms with E-state index in [0.717, 1.165) is 63.3 Å². The van der Waals surface area contributed by atoms with Crippen LogP contribution in [-0.2, 0) is 17.5 Å². The number of benzene rings is 3. The number of anilines is 2. The van der Waals surface area contributed by atoms with Crippen molar-refractivity contribution in [1.82, 2.24) is 20.5 Å². The van der Waals surface area contributed by atoms with Crippen molar-refractivity contribution in [3.8, 4) is 11.3 Å². The van der Waals surface area contributed by atoms with E-state index >= 15 is 0 Å². The number of amides is 3. The molecule has 3 amide bonds. The summed E-state index contributed by atoms with van der Waals surface area (Å²) in [5.41, 5.74) is 2.85. The summed E-state index contributed by atoms with van der Waals surface area (Å²) in [5.74, 6) is -1.19. The minimum Gasteiger partial charge on any atom is -0.379 e. The van der Waals surface area contributed by atoms with E-state index in [0.29, 0.717) is 59.9 Å². The van der Waals surface area contributed by atoms with Gasteiger partial charge in [0.15, 0.2) is 0 Å². The smallest absolute Gasteiger partial charge is 0.379 e. The van der Waals surface area contributed by atoms with Gasteiger partial charge in [0.2, 0.25) is 0 Å². The second kappa shape index (κ2) is 16.8. The van der Waals surface area contributed by atoms with Crippen molar-refractivity contribution in [2.24, 2.45) is 0 Å². The number of hydrogen-bond acceptors (Lipinski definition) is 7. The lowest BCUT2D eigenvalue weighted by Gasteiger charge is -2.29. The van der Waals surface area contributed by atoms with Crippen LogP contribution in [0.2, 0.25) is 0 Å². The van der Waals surface area contributed by atoms with Crippen molar-refractivity contribution in [2.75, 3.05) is 62.7 Å². The zero-order valence-corrected chi connectivity index (χ0v) is 28.7. The van der Waals surface area contributed by atoms with Crippen molar-refractivity contribution < 1.29 is 32.3 Å². The minimum absolute atomic E-state index is 0.100. The third-order valence-corrected chi connectivity index (χ3v) is 9.18. The van der Waals surface area contributed by atoms with Gasteiger partial charge in [0.1, 0.15) is 0 Å². The van der Waals surface area contributed by atoms with Crippen molar-refractivity contribution in [2.45, 2.75) is 32.0 Å². The molecule has 2 saturated heterocycles. The Morgan fingerprint density at radius 1 is 0.750 bits per heavy atom. The molecule has 2 aliphatic rings. The summed E-state index contributed by atoms with van der Waals surface area (Å²) in [4.78, 5) is 48.8. The Morgan fingerprint density at radius 2 is 1.46 bits per heavy atom. The van der Waals surface area contributed by atoms with E-state index < -0.39 is 23.6 Å². The van der Waals surface area contributed by atoms with Gasteiger partial charge in [0.05, 0.1) is 30.2 Å². The highest BCUT2D eigenvalue weighted by atomic mass is 19.4. The molecule has 4 aromatic rings. The fourth-order valence-corrected chi connectivity index (χ4v) is 6.31. The molecule has 0 bridgehead atoms. The molecule has 2 aliphatic heterocycles. The van der Waals surface area contributed by atoms with Gasteiger partial charge >= 0.3 is 6.18 Å². The number of morpholine rings is 1. The number of nitrogens with zero attached hydrogens (tertiary/aromatic N) is 3. The molecule has 0 radical (unpaired) electrons. The van der Waals surface area contributed by atoms with Gasteiger partial charge in [-0.1, -0.05) is 18.2 Å². The molecule has 0 atom stereocenters. The maximum absolute atomic E-state index is 13.6. The number of piperidine rings is 1. The van der Waals surface area contributed by atoms with Crippen LogP contribution in [0.3, 0.4) is 0 Å². The fourth-order valence-electron chi connectivity index (χ4n) is 6.31. The third kappa shape index (κ3) is 9.53. The first-order valence-corrected chi connectivity index (χ1v) is 17.4. The molecule has 0 unspecified atom stereocenters. The van der Waals surface area contributed by atoms with Crippen molar-refractivity contribution >= 4 is 29.1 Å². The number of halogens is 3. The number of nitrogens with one attached hydrogen (secondary N) is 3. The van der Waals surface area contributed by atoms with Crippen LogP contribution in [0.25, 0.3) is 11.3 Å². The predicted octanol–water partition coefficient (Wildman–Crippen LogP) is 6.00. The van der Waals surface area contributed by atoms with Gasteiger partial charge in [-0.05, 0) is 85.5 Å². The topological polar surface area (TPSA) is 116 Å². The van der Waals surface area contributed by atoms with Crippen LogP contribution < -0.4 is 20.9 Å². The largest absolute Gasteiger partial charge is 0.416 e. The lowest BCUT2D eigenvalue weighted by atomic mass is 10.0. The first-order chi connectivity index (χ1) is 25.1. The number of alkyl halides is 3. The van der Waals surface area contributed by atoms with Crippen LogP contribution in [0.4, 0.5) is 24.5 Å². The van der Waals surface area contributed by atoms with Gasteiger partial charge in [-0.25, -0.2) is 0 Å². The Kier molecular flexibility index (Phi) is 11.8. The summed E-state index contributed by atoms with van der Waals surface area (Å²) in [7, 11) is 0. The lowest BCUT2D eigenvalue weighted by Crippen LogP contribution is -2.41. The van der Waals surface area contributed by atoms with E-state index in [1.54, 1.807) is 36.4 Å². The first-order valence-electron chi connectivity index (χ1n) is 17.4. The normalized spacial score (nSPS) is 15.2. The van der Waals surface area contributed by atoms with Crippen molar-refractivity contribution in [3.63, 3.8) is 0 Å². The molecule has 1 aromatic heterocycles. The number of rotatable bonds is 11. The van der Waals surface area contributed by atoms with Gasteiger partial charge in [-0.2, -0.15) is 13.2 Å². The van der Waals surface area contributed by atoms with E-state index in [2.05, 4.69) is 30.7 Å². The maximum atomic E-state index is 13.6. The second-order valence-corrected chi connectivity index (χ2v) is 12.8. The third-order valence-electron chi connectivity index (χ3n) is 9.18. The van der Waals surface area contributed by atoms with Crippen LogP contribution in [0.1, 0.15) is 61.5 Å². The Morgan fingerprint density at radius 3 is 2.23 bits per heavy atom. The first kappa shape index (κ1) is 36.5. The minimum atomic E-state index is -4.49. The molecule has 6 rings (SSSR count). The summed E-state index contributed by atoms with van der Waals surface area (Å²) >= 11 is 0. The molecule has 0 spiro atoms. The zero-order valence-electron chi connectivity index (χ0n) is 28.7. The maximum Gasteiger partial charge on any atom is 0.416 e. The molecule has 0 aliphatic carbocycles. The monoisotopic (exact) mass is 714 g/mol. The zero-order chi connectivity index (χ0) is 36.5. The molecular weight excluding hydrogens is 673 g/mol. The highest BCUT2D eigenvalue weighted by molar-refractivity contribution is 6.08. The molecule has 3 aromatic carbocycles. The van der Waals surface area contributed by atoms with Crippen molar-refractivity contribution in [1.29, 1.82) is 0 Å². The lowest BCUT2D eigenvalue weighted by molar-refractivity contribution is -0.137. The number of carbonyl (C=O) groups is 3. The molecule has 272 valence electrons. The molecule has 52 heavy (non-hydrogen) atoms.